The Morgan fingerprint density at radius 2 is 2.42 bits per heavy atom. The fourth-order valence-corrected chi connectivity index (χ4v) is 2.22. The molecule has 1 aliphatic carbocycles. The van der Waals surface area contributed by atoms with E-state index >= 15 is 0 Å². The molecule has 66 valence electrons. The molecule has 2 nitrogen and oxygen atoms in total. The molecule has 2 rings (SSSR count). The highest BCUT2D eigenvalue weighted by Gasteiger charge is 2.40. The predicted molar refractivity (Wildman–Crippen MR) is 48.9 cm³/mol. The molecule has 4 unspecified atom stereocenters. The number of nitrogens with two attached hydrogens (primary N) is 1. The third kappa shape index (κ3) is 1.06. The van der Waals surface area contributed by atoms with E-state index in [1.807, 2.05) is 6.08 Å². The van der Waals surface area contributed by atoms with Gasteiger partial charge in [0.05, 0.1) is 11.6 Å². The molecule has 0 saturated heterocycles. The Morgan fingerprint density at radius 3 is 3.17 bits per heavy atom. The summed E-state index contributed by atoms with van der Waals surface area (Å²) in [6.45, 7) is 3.94. The Morgan fingerprint density at radius 1 is 1.67 bits per heavy atom. The van der Waals surface area contributed by atoms with E-state index in [0.717, 1.165) is 12.0 Å². The zero-order chi connectivity index (χ0) is 8.72. The molecule has 0 aromatic rings. The van der Waals surface area contributed by atoms with Gasteiger partial charge in [0.1, 0.15) is 6.10 Å². The molecule has 1 aliphatic heterocycles. The fourth-order valence-electron chi connectivity index (χ4n) is 1.85. The summed E-state index contributed by atoms with van der Waals surface area (Å²) in [6, 6.07) is 0.000849. The summed E-state index contributed by atoms with van der Waals surface area (Å²) >= 11 is 6.05. The average molecular weight is 186 g/mol. The summed E-state index contributed by atoms with van der Waals surface area (Å²) in [5.41, 5.74) is 6.98. The first-order valence-electron chi connectivity index (χ1n) is 4.09. The summed E-state index contributed by atoms with van der Waals surface area (Å²) < 4.78 is 5.37. The highest BCUT2D eigenvalue weighted by atomic mass is 35.5. The third-order valence-electron chi connectivity index (χ3n) is 2.60. The summed E-state index contributed by atoms with van der Waals surface area (Å²) in [7, 11) is 0. The number of hydrogen-bond donors (Lipinski definition) is 1. The van der Waals surface area contributed by atoms with Crippen LogP contribution in [0.15, 0.2) is 24.5 Å². The van der Waals surface area contributed by atoms with Crippen LogP contribution >= 0.6 is 11.6 Å². The molecule has 1 fully saturated rings. The van der Waals surface area contributed by atoms with E-state index in [1.165, 1.54) is 0 Å². The summed E-state index contributed by atoms with van der Waals surface area (Å²) in [4.78, 5) is 0. The number of hydrogen-bond acceptors (Lipinski definition) is 2. The second kappa shape index (κ2) is 2.79. The molecule has 0 radical (unpaired) electrons. The van der Waals surface area contributed by atoms with Crippen molar-refractivity contribution in [2.24, 2.45) is 11.7 Å². The predicted octanol–water partition coefficient (Wildman–Crippen LogP) is 1.41. The molecule has 3 heteroatoms. The maximum absolute atomic E-state index is 6.05. The van der Waals surface area contributed by atoms with Crippen molar-refractivity contribution in [2.75, 3.05) is 0 Å². The molecule has 0 aromatic heterocycles. The SMILES string of the molecule is C=C1CC(Cl)C(N)C2C=COC12. The van der Waals surface area contributed by atoms with Gasteiger partial charge in [0.15, 0.2) is 0 Å². The van der Waals surface area contributed by atoms with E-state index < -0.39 is 0 Å². The van der Waals surface area contributed by atoms with E-state index in [1.54, 1.807) is 6.26 Å². The maximum Gasteiger partial charge on any atom is 0.126 e. The molecular weight excluding hydrogens is 174 g/mol. The first-order chi connectivity index (χ1) is 5.70. The lowest BCUT2D eigenvalue weighted by atomic mass is 9.80. The molecule has 1 heterocycles. The van der Waals surface area contributed by atoms with E-state index in [-0.39, 0.29) is 23.4 Å². The maximum atomic E-state index is 6.05. The Kier molecular flexibility index (Phi) is 1.89. The van der Waals surface area contributed by atoms with Crippen molar-refractivity contribution >= 4 is 11.6 Å². The highest BCUT2D eigenvalue weighted by Crippen LogP contribution is 2.36. The number of rotatable bonds is 0. The standard InChI is InChI=1S/C9H12ClNO/c1-5-4-7(10)8(11)6-2-3-12-9(5)6/h2-3,6-9H,1,4,11H2. The van der Waals surface area contributed by atoms with Gasteiger partial charge in [0.25, 0.3) is 0 Å². The summed E-state index contributed by atoms with van der Waals surface area (Å²) in [6.07, 6.45) is 4.53. The molecule has 0 bridgehead atoms. The molecular formula is C9H12ClNO. The zero-order valence-electron chi connectivity index (χ0n) is 6.74. The highest BCUT2D eigenvalue weighted by molar-refractivity contribution is 6.21. The van der Waals surface area contributed by atoms with Crippen molar-refractivity contribution in [1.29, 1.82) is 0 Å². The van der Waals surface area contributed by atoms with Gasteiger partial charge < -0.3 is 10.5 Å². The van der Waals surface area contributed by atoms with Gasteiger partial charge in [-0.1, -0.05) is 6.58 Å². The fraction of sp³-hybridized carbons (Fsp3) is 0.556. The Balaban J connectivity index is 2.22. The Hall–Kier alpha value is -0.470. The van der Waals surface area contributed by atoms with Crippen LogP contribution in [0.1, 0.15) is 6.42 Å². The van der Waals surface area contributed by atoms with E-state index in [4.69, 9.17) is 22.1 Å². The van der Waals surface area contributed by atoms with E-state index in [0.29, 0.717) is 0 Å². The van der Waals surface area contributed by atoms with Gasteiger partial charge >= 0.3 is 0 Å². The molecule has 0 aromatic carbocycles. The first kappa shape index (κ1) is 8.14. The van der Waals surface area contributed by atoms with Crippen molar-refractivity contribution in [1.82, 2.24) is 0 Å². The number of halogens is 1. The van der Waals surface area contributed by atoms with Gasteiger partial charge in [0.2, 0.25) is 0 Å². The smallest absolute Gasteiger partial charge is 0.126 e. The van der Waals surface area contributed by atoms with Crippen molar-refractivity contribution in [3.05, 3.63) is 24.5 Å². The van der Waals surface area contributed by atoms with Gasteiger partial charge in [-0.2, -0.15) is 0 Å². The quantitative estimate of drug-likeness (QED) is 0.458. The summed E-state index contributed by atoms with van der Waals surface area (Å²) in [5.74, 6) is 0.230. The second-order valence-electron chi connectivity index (χ2n) is 3.42. The normalized spacial score (nSPS) is 45.7. The van der Waals surface area contributed by atoms with E-state index in [9.17, 15) is 0 Å². The van der Waals surface area contributed by atoms with Crippen LogP contribution in [0, 0.1) is 5.92 Å². The molecule has 4 atom stereocenters. The largest absolute Gasteiger partial charge is 0.493 e. The van der Waals surface area contributed by atoms with E-state index in [2.05, 4.69) is 6.58 Å². The zero-order valence-corrected chi connectivity index (χ0v) is 7.50. The lowest BCUT2D eigenvalue weighted by Gasteiger charge is -2.34. The molecule has 12 heavy (non-hydrogen) atoms. The second-order valence-corrected chi connectivity index (χ2v) is 3.98. The van der Waals surface area contributed by atoms with Gasteiger partial charge in [-0.15, -0.1) is 11.6 Å². The van der Waals surface area contributed by atoms with Crippen molar-refractivity contribution in [3.8, 4) is 0 Å². The summed E-state index contributed by atoms with van der Waals surface area (Å²) in [5, 5.41) is 0.00472. The van der Waals surface area contributed by atoms with Crippen LogP contribution in [0.4, 0.5) is 0 Å². The minimum absolute atomic E-state index is 0.000849. The molecule has 0 amide bonds. The Labute approximate surface area is 77.0 Å². The third-order valence-corrected chi connectivity index (χ3v) is 3.04. The number of fused-ring (bicyclic) bond motifs is 1. The van der Waals surface area contributed by atoms with Gasteiger partial charge in [-0.3, -0.25) is 0 Å². The number of alkyl halides is 1. The lowest BCUT2D eigenvalue weighted by Crippen LogP contribution is -2.47. The molecule has 2 aliphatic rings. The van der Waals surface area contributed by atoms with Crippen LogP contribution in [0.3, 0.4) is 0 Å². The number of ether oxygens (including phenoxy) is 1. The van der Waals surface area contributed by atoms with Crippen molar-refractivity contribution < 1.29 is 4.74 Å². The van der Waals surface area contributed by atoms with Crippen LogP contribution in [-0.4, -0.2) is 17.5 Å². The van der Waals surface area contributed by atoms with Crippen molar-refractivity contribution in [2.45, 2.75) is 23.9 Å². The minimum atomic E-state index is 0.000849. The van der Waals surface area contributed by atoms with Crippen LogP contribution in [0.2, 0.25) is 0 Å². The first-order valence-corrected chi connectivity index (χ1v) is 4.53. The van der Waals surface area contributed by atoms with Crippen molar-refractivity contribution in [3.63, 3.8) is 0 Å². The topological polar surface area (TPSA) is 35.2 Å². The van der Waals surface area contributed by atoms with Gasteiger partial charge in [-0.05, 0) is 18.1 Å². The van der Waals surface area contributed by atoms with Crippen LogP contribution in [0.25, 0.3) is 0 Å². The van der Waals surface area contributed by atoms with Crippen LogP contribution in [0.5, 0.6) is 0 Å². The lowest BCUT2D eigenvalue weighted by molar-refractivity contribution is 0.137. The molecule has 2 N–H and O–H groups in total. The van der Waals surface area contributed by atoms with Crippen LogP contribution in [-0.2, 0) is 4.74 Å². The van der Waals surface area contributed by atoms with Crippen LogP contribution < -0.4 is 5.73 Å². The molecule has 0 spiro atoms. The average Bonchev–Trinajstić information content (AvgIpc) is 2.48. The van der Waals surface area contributed by atoms with Gasteiger partial charge in [0, 0.05) is 12.0 Å². The monoisotopic (exact) mass is 185 g/mol. The minimum Gasteiger partial charge on any atom is -0.493 e. The van der Waals surface area contributed by atoms with Gasteiger partial charge in [-0.25, -0.2) is 0 Å². The Bertz CT molecular complexity index is 239. The molecule has 1 saturated carbocycles.